The molecule has 0 spiro atoms. The molecule has 160 valence electrons. The molecule has 0 fully saturated rings. The number of amides is 1. The number of nitrogens with zero attached hydrogens (tertiary/aromatic N) is 3. The minimum atomic E-state index is -0.185. The van der Waals surface area contributed by atoms with Gasteiger partial charge in [-0.1, -0.05) is 37.2 Å². The van der Waals surface area contributed by atoms with Gasteiger partial charge < -0.3 is 19.2 Å². The second kappa shape index (κ2) is 9.14. The lowest BCUT2D eigenvalue weighted by atomic mass is 10.0. The van der Waals surface area contributed by atoms with E-state index in [1.54, 1.807) is 30.7 Å². The first-order valence-electron chi connectivity index (χ1n) is 10.4. The molecule has 7 heteroatoms. The maximum atomic E-state index is 12.5. The Morgan fingerprint density at radius 3 is 2.68 bits per heavy atom. The van der Waals surface area contributed by atoms with Crippen molar-refractivity contribution >= 4 is 22.8 Å². The number of pyridine rings is 1. The predicted molar refractivity (Wildman–Crippen MR) is 119 cm³/mol. The van der Waals surface area contributed by atoms with E-state index in [0.717, 1.165) is 47.5 Å². The normalized spacial score (nSPS) is 11.5. The van der Waals surface area contributed by atoms with Crippen LogP contribution in [0.15, 0.2) is 63.9 Å². The summed E-state index contributed by atoms with van der Waals surface area (Å²) < 4.78 is 11.0. The van der Waals surface area contributed by atoms with Crippen LogP contribution in [0.2, 0.25) is 0 Å². The van der Waals surface area contributed by atoms with Crippen molar-refractivity contribution < 1.29 is 13.7 Å². The summed E-state index contributed by atoms with van der Waals surface area (Å²) >= 11 is 0. The van der Waals surface area contributed by atoms with Gasteiger partial charge in [0.2, 0.25) is 0 Å². The molecule has 0 bridgehead atoms. The quantitative estimate of drug-likeness (QED) is 0.440. The summed E-state index contributed by atoms with van der Waals surface area (Å²) in [6.45, 7) is 5.80. The zero-order valence-corrected chi connectivity index (χ0v) is 18.0. The van der Waals surface area contributed by atoms with Crippen LogP contribution in [0, 0.1) is 0 Å². The lowest BCUT2D eigenvalue weighted by molar-refractivity contribution is 0.102. The fourth-order valence-electron chi connectivity index (χ4n) is 3.60. The Labute approximate surface area is 181 Å². The van der Waals surface area contributed by atoms with Crippen molar-refractivity contribution in [1.82, 2.24) is 15.0 Å². The summed E-state index contributed by atoms with van der Waals surface area (Å²) in [5.41, 5.74) is 4.24. The molecule has 0 aliphatic carbocycles. The number of nitrogens with one attached hydrogen (secondary N) is 1. The maximum absolute atomic E-state index is 12.5. The Kier molecular flexibility index (Phi) is 6.13. The highest BCUT2D eigenvalue weighted by molar-refractivity contribution is 6.04. The van der Waals surface area contributed by atoms with Crippen LogP contribution >= 0.6 is 0 Å². The number of hydrogen-bond donors (Lipinski definition) is 1. The minimum absolute atomic E-state index is 0.185. The summed E-state index contributed by atoms with van der Waals surface area (Å²) in [5, 5.41) is 6.65. The van der Waals surface area contributed by atoms with Gasteiger partial charge in [-0.05, 0) is 37.7 Å². The summed E-state index contributed by atoms with van der Waals surface area (Å²) in [6.07, 6.45) is 4.17. The molecule has 1 aromatic carbocycles. The number of anilines is 1. The van der Waals surface area contributed by atoms with Crippen molar-refractivity contribution in [3.8, 4) is 0 Å². The van der Waals surface area contributed by atoms with Gasteiger partial charge >= 0.3 is 0 Å². The number of benzene rings is 1. The molecule has 31 heavy (non-hydrogen) atoms. The number of carbonyl (C=O) groups excluding carboxylic acids is 1. The highest BCUT2D eigenvalue weighted by Crippen LogP contribution is 2.31. The molecule has 0 radical (unpaired) electrons. The molecule has 0 unspecified atom stereocenters. The molecule has 3 heterocycles. The molecular weight excluding hydrogens is 392 g/mol. The summed E-state index contributed by atoms with van der Waals surface area (Å²) in [6, 6.07) is 12.8. The molecule has 4 aromatic rings. The molecule has 1 N–H and O–H groups in total. The van der Waals surface area contributed by atoms with Crippen molar-refractivity contribution in [3.63, 3.8) is 0 Å². The van der Waals surface area contributed by atoms with Crippen molar-refractivity contribution in [2.75, 3.05) is 18.9 Å². The fourth-order valence-corrected chi connectivity index (χ4v) is 3.60. The van der Waals surface area contributed by atoms with E-state index in [4.69, 9.17) is 13.9 Å². The zero-order valence-electron chi connectivity index (χ0n) is 18.0. The van der Waals surface area contributed by atoms with E-state index in [1.165, 1.54) is 0 Å². The number of rotatable bonds is 8. The lowest BCUT2D eigenvalue weighted by Gasteiger charge is -2.15. The van der Waals surface area contributed by atoms with Gasteiger partial charge in [-0.15, -0.1) is 0 Å². The van der Waals surface area contributed by atoms with Gasteiger partial charge in [0.05, 0.1) is 6.20 Å². The highest BCUT2D eigenvalue weighted by Gasteiger charge is 2.19. The Balaban J connectivity index is 1.56. The van der Waals surface area contributed by atoms with Crippen LogP contribution in [0.5, 0.6) is 0 Å². The van der Waals surface area contributed by atoms with Crippen molar-refractivity contribution in [2.45, 2.75) is 32.7 Å². The third-order valence-electron chi connectivity index (χ3n) is 5.14. The highest BCUT2D eigenvalue weighted by atomic mass is 16.5. The Morgan fingerprint density at radius 1 is 1.16 bits per heavy atom. The van der Waals surface area contributed by atoms with Gasteiger partial charge in [0, 0.05) is 35.7 Å². The van der Waals surface area contributed by atoms with Gasteiger partial charge in [-0.3, -0.25) is 4.79 Å². The first-order chi connectivity index (χ1) is 15.0. The second-order valence-electron chi connectivity index (χ2n) is 7.98. The third kappa shape index (κ3) is 4.83. The van der Waals surface area contributed by atoms with Crippen molar-refractivity contribution in [3.05, 3.63) is 77.4 Å². The maximum Gasteiger partial charge on any atom is 0.256 e. The number of fused-ring (bicyclic) bond motifs is 1. The van der Waals surface area contributed by atoms with Gasteiger partial charge in [0.15, 0.2) is 5.58 Å². The summed E-state index contributed by atoms with van der Waals surface area (Å²) in [5.74, 6) is 1.49. The van der Waals surface area contributed by atoms with E-state index in [9.17, 15) is 4.79 Å². The third-order valence-corrected chi connectivity index (χ3v) is 5.14. The van der Waals surface area contributed by atoms with Crippen LogP contribution in [-0.2, 0) is 13.0 Å². The smallest absolute Gasteiger partial charge is 0.256 e. The predicted octanol–water partition coefficient (Wildman–Crippen LogP) is 4.87. The van der Waals surface area contributed by atoms with E-state index in [2.05, 4.69) is 36.3 Å². The van der Waals surface area contributed by atoms with Crippen LogP contribution in [-0.4, -0.2) is 34.5 Å². The zero-order chi connectivity index (χ0) is 21.8. The average Bonchev–Trinajstić information content (AvgIpc) is 3.40. The van der Waals surface area contributed by atoms with Crippen molar-refractivity contribution in [1.29, 1.82) is 0 Å². The average molecular weight is 418 g/mol. The molecule has 0 aliphatic rings. The molecular formula is C24H26N4O3. The van der Waals surface area contributed by atoms with E-state index in [0.29, 0.717) is 11.4 Å². The van der Waals surface area contributed by atoms with Crippen molar-refractivity contribution in [2.24, 2.45) is 0 Å². The monoisotopic (exact) mass is 418 g/mol. The number of hydrogen-bond acceptors (Lipinski definition) is 6. The van der Waals surface area contributed by atoms with Crippen LogP contribution in [0.1, 0.15) is 47.0 Å². The molecule has 7 nitrogen and oxygen atoms in total. The number of likely N-dealkylation sites (N-methyl/N-ethyl adjacent to an activating group) is 1. The lowest BCUT2D eigenvalue weighted by Crippen LogP contribution is -2.20. The van der Waals surface area contributed by atoms with Gasteiger partial charge in [-0.2, -0.15) is 0 Å². The standard InChI is InChI=1S/C24H26N4O3/c1-16(2)23-19(11-12-28(3)14-17-13-25-30-15-17)22-20(31-23)9-10-21(26-22)27-24(29)18-7-5-4-6-8-18/h4-10,13,15-16H,11-12,14H2,1-3H3,(H,26,27,29). The summed E-state index contributed by atoms with van der Waals surface area (Å²) in [4.78, 5) is 19.5. The van der Waals surface area contributed by atoms with E-state index < -0.39 is 0 Å². The molecule has 3 aromatic heterocycles. The molecule has 0 aliphatic heterocycles. The van der Waals surface area contributed by atoms with Crippen LogP contribution in [0.3, 0.4) is 0 Å². The second-order valence-corrected chi connectivity index (χ2v) is 7.98. The fraction of sp³-hybridized carbons (Fsp3) is 0.292. The molecule has 0 saturated heterocycles. The SMILES string of the molecule is CC(C)c1oc2ccc(NC(=O)c3ccccc3)nc2c1CCN(C)Cc1cnoc1. The molecule has 0 saturated carbocycles. The van der Waals surface area contributed by atoms with E-state index in [-0.39, 0.29) is 11.8 Å². The number of aromatic nitrogens is 2. The van der Waals surface area contributed by atoms with Crippen LogP contribution < -0.4 is 5.32 Å². The van der Waals surface area contributed by atoms with Gasteiger partial charge in [-0.25, -0.2) is 4.98 Å². The summed E-state index contributed by atoms with van der Waals surface area (Å²) in [7, 11) is 2.06. The number of furan rings is 1. The molecule has 1 amide bonds. The van der Waals surface area contributed by atoms with Crippen LogP contribution in [0.4, 0.5) is 5.82 Å². The number of carbonyl (C=O) groups is 1. The largest absolute Gasteiger partial charge is 0.459 e. The van der Waals surface area contributed by atoms with E-state index >= 15 is 0 Å². The Hall–Kier alpha value is -3.45. The first-order valence-corrected chi connectivity index (χ1v) is 10.4. The van der Waals surface area contributed by atoms with Gasteiger partial charge in [0.25, 0.3) is 5.91 Å². The topological polar surface area (TPSA) is 84.4 Å². The minimum Gasteiger partial charge on any atom is -0.459 e. The van der Waals surface area contributed by atoms with Crippen LogP contribution in [0.25, 0.3) is 11.1 Å². The first kappa shape index (κ1) is 20.8. The Bertz CT molecular complexity index is 1150. The molecule has 0 atom stereocenters. The Morgan fingerprint density at radius 2 is 1.97 bits per heavy atom. The van der Waals surface area contributed by atoms with Gasteiger partial charge in [0.1, 0.15) is 23.4 Å². The molecule has 4 rings (SSSR count). The van der Waals surface area contributed by atoms with E-state index in [1.807, 2.05) is 24.3 Å².